The Kier molecular flexibility index (Phi) is 22.4. The molecule has 6 fully saturated rings. The normalized spacial score (nSPS) is 38.1. The fraction of sp³-hybridized carbons (Fsp3) is 0.809. The molecule has 5 heterocycles. The van der Waals surface area contributed by atoms with Gasteiger partial charge in [0.25, 0.3) is 0 Å². The minimum absolute atomic E-state index is 0.0229. The van der Waals surface area contributed by atoms with Gasteiger partial charge in [-0.2, -0.15) is 23.5 Å². The molecule has 432 valence electrons. The summed E-state index contributed by atoms with van der Waals surface area (Å²) in [5.41, 5.74) is 37.5. The highest BCUT2D eigenvalue weighted by Crippen LogP contribution is 2.36. The molecule has 0 unspecified atom stereocenters. The highest BCUT2D eigenvalue weighted by atomic mass is 32.2. The first-order valence-electron chi connectivity index (χ1n) is 26.0. The molecule has 20 atom stereocenters. The lowest BCUT2D eigenvalue weighted by molar-refractivity contribution is -0.306. The van der Waals surface area contributed by atoms with Gasteiger partial charge in [0, 0.05) is 64.0 Å². The molecule has 6 aliphatic rings. The highest BCUT2D eigenvalue weighted by molar-refractivity contribution is 8.00. The third kappa shape index (κ3) is 14.7. The van der Waals surface area contributed by atoms with E-state index < -0.39 is 134 Å². The molecular weight excluding hydrogens is 1040 g/mol. The first kappa shape index (κ1) is 60.8. The maximum atomic E-state index is 15.4. The van der Waals surface area contributed by atoms with E-state index in [1.165, 1.54) is 29.7 Å². The zero-order chi connectivity index (χ0) is 55.0. The van der Waals surface area contributed by atoms with Crippen molar-refractivity contribution >= 4 is 52.8 Å². The number of benzene rings is 1. The van der Waals surface area contributed by atoms with Crippen LogP contribution in [0.1, 0.15) is 39.0 Å². The number of carbonyl (C=O) groups is 3. The smallest absolute Gasteiger partial charge is 0.414 e. The van der Waals surface area contributed by atoms with Crippen LogP contribution in [0.4, 0.5) is 20.6 Å². The van der Waals surface area contributed by atoms with Crippen molar-refractivity contribution in [3.8, 4) is 0 Å². The summed E-state index contributed by atoms with van der Waals surface area (Å²) >= 11 is 3.11. The van der Waals surface area contributed by atoms with Crippen LogP contribution >= 0.6 is 23.5 Å². The molecule has 3 amide bonds. The summed E-state index contributed by atoms with van der Waals surface area (Å²) < 4.78 is 57.3. The Morgan fingerprint density at radius 3 is 1.89 bits per heavy atom. The van der Waals surface area contributed by atoms with Crippen LogP contribution < -0.4 is 49.5 Å². The number of hydrogen-bond donors (Lipinski definition) is 13. The average molecular weight is 1120 g/mol. The van der Waals surface area contributed by atoms with Crippen LogP contribution in [0.3, 0.4) is 0 Å². The molecule has 0 bridgehead atoms. The first-order chi connectivity index (χ1) is 36.3. The van der Waals surface area contributed by atoms with Gasteiger partial charge in [0.2, 0.25) is 11.8 Å². The number of ether oxygens (including phenoxy) is 7. The fourth-order valence-corrected chi connectivity index (χ4v) is 12.1. The van der Waals surface area contributed by atoms with Crippen LogP contribution in [0.5, 0.6) is 0 Å². The quantitative estimate of drug-likeness (QED) is 0.0457. The number of nitrogens with one attached hydrogen (secondary N) is 1. The molecule has 26 nitrogen and oxygen atoms in total. The van der Waals surface area contributed by atoms with Crippen LogP contribution in [0.15, 0.2) is 18.2 Å². The molecule has 5 aliphatic heterocycles. The zero-order valence-electron chi connectivity index (χ0n) is 42.6. The Hall–Kier alpha value is -2.86. The van der Waals surface area contributed by atoms with Gasteiger partial charge in [-0.3, -0.25) is 14.5 Å². The number of unbranched alkanes of at least 4 members (excludes halogenated alkanes) is 3. The molecule has 0 aromatic heterocycles. The summed E-state index contributed by atoms with van der Waals surface area (Å²) in [7, 11) is 0. The molecule has 76 heavy (non-hydrogen) atoms. The summed E-state index contributed by atoms with van der Waals surface area (Å²) in [5.74, 6) is 1.42. The number of thioether (sulfide) groups is 2. The molecule has 0 spiro atoms. The van der Waals surface area contributed by atoms with Crippen molar-refractivity contribution in [1.29, 1.82) is 0 Å². The van der Waals surface area contributed by atoms with E-state index in [0.29, 0.717) is 54.8 Å². The third-order valence-electron chi connectivity index (χ3n) is 14.7. The van der Waals surface area contributed by atoms with E-state index >= 15 is 4.39 Å². The van der Waals surface area contributed by atoms with Gasteiger partial charge in [0.1, 0.15) is 73.0 Å². The number of piperazine rings is 1. The topological polar surface area (TPSA) is 415 Å². The SMILES string of the molecule is CC(=O)NC[C@@H]1CN(c2ccc(N3CCN(C(=O)CSCCCCCCSC[C@@H]4O[C@H](O[C@@H]5[C@@H](O)[C@H](N)C[C@H](N)[C@H]5O[C@H]5O[C@H](CN)[C@@H](O)[C@H](O)[C@H]5N)[C@@H](O)[C@H]4O[C@@H]4O[C@H](CN)[C@H](O)[C@@H](O)[C@@H]4N)CC3)c(F)c2)C(=O)O1. The number of aliphatic hydroxyl groups excluding tert-OH is 6. The first-order valence-corrected chi connectivity index (χ1v) is 28.3. The van der Waals surface area contributed by atoms with E-state index in [0.717, 1.165) is 31.4 Å². The molecule has 1 saturated carbocycles. The minimum atomic E-state index is -1.54. The lowest BCUT2D eigenvalue weighted by Crippen LogP contribution is -2.68. The van der Waals surface area contributed by atoms with Gasteiger partial charge in [-0.05, 0) is 49.0 Å². The van der Waals surface area contributed by atoms with Crippen LogP contribution in [0.25, 0.3) is 0 Å². The Balaban J connectivity index is 0.845. The van der Waals surface area contributed by atoms with E-state index in [-0.39, 0.29) is 44.4 Å². The van der Waals surface area contributed by atoms with Crippen molar-refractivity contribution in [2.45, 2.75) is 161 Å². The lowest BCUT2D eigenvalue weighted by atomic mass is 9.84. The number of hydrogen-bond acceptors (Lipinski definition) is 25. The molecule has 0 radical (unpaired) electrons. The van der Waals surface area contributed by atoms with Gasteiger partial charge in [-0.25, -0.2) is 9.18 Å². The molecule has 5 saturated heterocycles. The number of rotatable bonds is 23. The molecule has 1 aliphatic carbocycles. The van der Waals surface area contributed by atoms with Gasteiger partial charge >= 0.3 is 6.09 Å². The van der Waals surface area contributed by atoms with E-state index in [4.69, 9.17) is 67.6 Å². The standard InChI is InChI=1S/C47H79FN10O16S2/c1-22(59)55-18-24-19-58(47(67)68-24)23-6-7-28(25(48)14-23)56-8-10-57(11-9-56)32(60)21-76-13-5-3-2-4-12-75-20-31-42(73-45-34(54)39(65)37(63)30(17-50)70-45)40(66)46(71-31)74-43-35(61)26(51)15-27(52)41(43)72-44-33(53)38(64)36(62)29(16-49)69-44/h6-7,14,24,26-27,29-31,33-46,61-66H,2-5,8-13,15-21,49-54H2,1H3,(H,55,59)/t24-,26-,27+,29-,30-,31+,33-,34+,35+,36-,37+,38-,39+,40+,41-,42+,43-,44-,45+,46-/m1/s1. The van der Waals surface area contributed by atoms with Crippen molar-refractivity contribution in [2.75, 3.05) is 85.2 Å². The summed E-state index contributed by atoms with van der Waals surface area (Å²) in [6.45, 7) is 3.18. The predicted octanol–water partition coefficient (Wildman–Crippen LogP) is -4.91. The molecule has 1 aromatic carbocycles. The van der Waals surface area contributed by atoms with Crippen LogP contribution in [-0.2, 0) is 42.7 Å². The van der Waals surface area contributed by atoms with Gasteiger partial charge < -0.3 is 113 Å². The van der Waals surface area contributed by atoms with Gasteiger partial charge in [0.05, 0.1) is 54.5 Å². The minimum Gasteiger partial charge on any atom is -0.442 e. The lowest BCUT2D eigenvalue weighted by Gasteiger charge is -2.47. The Labute approximate surface area is 449 Å². The summed E-state index contributed by atoms with van der Waals surface area (Å²) in [5, 5.41) is 68.0. The number of amides is 3. The van der Waals surface area contributed by atoms with Crippen molar-refractivity contribution < 1.29 is 82.6 Å². The number of nitrogens with zero attached hydrogens (tertiary/aromatic N) is 3. The van der Waals surface area contributed by atoms with E-state index in [9.17, 15) is 45.0 Å². The number of nitrogens with two attached hydrogens (primary N) is 6. The van der Waals surface area contributed by atoms with E-state index in [2.05, 4.69) is 5.32 Å². The Morgan fingerprint density at radius 2 is 1.30 bits per heavy atom. The van der Waals surface area contributed by atoms with Crippen molar-refractivity contribution in [1.82, 2.24) is 10.2 Å². The van der Waals surface area contributed by atoms with Gasteiger partial charge in [0.15, 0.2) is 18.9 Å². The number of halogens is 1. The van der Waals surface area contributed by atoms with Crippen molar-refractivity contribution in [2.24, 2.45) is 34.4 Å². The number of cyclic esters (lactones) is 1. The molecular formula is C47H79FN10O16S2. The number of aliphatic hydroxyl groups is 6. The van der Waals surface area contributed by atoms with Gasteiger partial charge in [-0.1, -0.05) is 12.8 Å². The van der Waals surface area contributed by atoms with Crippen LogP contribution in [0, 0.1) is 5.82 Å². The summed E-state index contributed by atoms with van der Waals surface area (Å²) in [6.07, 6.45) is -16.8. The second kappa shape index (κ2) is 28.0. The van der Waals surface area contributed by atoms with E-state index in [1.54, 1.807) is 28.8 Å². The highest BCUT2D eigenvalue weighted by Gasteiger charge is 2.54. The van der Waals surface area contributed by atoms with Crippen molar-refractivity contribution in [3.05, 3.63) is 24.0 Å². The summed E-state index contributed by atoms with van der Waals surface area (Å²) in [6, 6.07) is 0.353. The number of anilines is 2. The molecule has 29 heteroatoms. The fourth-order valence-electron chi connectivity index (χ4n) is 10.2. The van der Waals surface area contributed by atoms with Crippen molar-refractivity contribution in [3.63, 3.8) is 0 Å². The van der Waals surface area contributed by atoms with Gasteiger partial charge in [-0.15, -0.1) is 0 Å². The maximum absolute atomic E-state index is 15.4. The van der Waals surface area contributed by atoms with Crippen LogP contribution in [0.2, 0.25) is 0 Å². The molecule has 1 aromatic rings. The Bertz CT molecular complexity index is 2050. The second-order valence-corrected chi connectivity index (χ2v) is 22.4. The largest absolute Gasteiger partial charge is 0.442 e. The van der Waals surface area contributed by atoms with E-state index in [1.807, 2.05) is 4.90 Å². The predicted molar refractivity (Wildman–Crippen MR) is 276 cm³/mol. The van der Waals surface area contributed by atoms with Crippen LogP contribution in [-0.4, -0.2) is 251 Å². The third-order valence-corrected chi connectivity index (χ3v) is 16.9. The number of carbonyl (C=O) groups excluding carboxylic acids is 3. The zero-order valence-corrected chi connectivity index (χ0v) is 44.2. The molecule has 19 N–H and O–H groups in total. The second-order valence-electron chi connectivity index (χ2n) is 20.2. The monoisotopic (exact) mass is 1120 g/mol. The average Bonchev–Trinajstić information content (AvgIpc) is 3.93. The Morgan fingerprint density at radius 1 is 0.724 bits per heavy atom. The maximum Gasteiger partial charge on any atom is 0.414 e. The molecule has 7 rings (SSSR count). The summed E-state index contributed by atoms with van der Waals surface area (Å²) in [4.78, 5) is 41.8.